The van der Waals surface area contributed by atoms with Gasteiger partial charge in [0.25, 0.3) is 5.91 Å². The Hall–Kier alpha value is -3.35. The summed E-state index contributed by atoms with van der Waals surface area (Å²) in [5.74, 6) is -0.144. The molecule has 1 aliphatic heterocycles. The quantitative estimate of drug-likeness (QED) is 0.757. The number of hydrogen-bond acceptors (Lipinski definition) is 4. The molecule has 0 fully saturated rings. The van der Waals surface area contributed by atoms with Gasteiger partial charge >= 0.3 is 0 Å². The van der Waals surface area contributed by atoms with Gasteiger partial charge in [0.2, 0.25) is 11.8 Å². The highest BCUT2D eigenvalue weighted by Crippen LogP contribution is 2.32. The Kier molecular flexibility index (Phi) is 5.40. The van der Waals surface area contributed by atoms with Crippen LogP contribution in [0.1, 0.15) is 31.9 Å². The van der Waals surface area contributed by atoms with Gasteiger partial charge in [0.1, 0.15) is 5.75 Å². The van der Waals surface area contributed by atoms with Crippen molar-refractivity contribution in [1.29, 1.82) is 0 Å². The van der Waals surface area contributed by atoms with E-state index in [1.165, 1.54) is 6.92 Å². The van der Waals surface area contributed by atoms with Crippen LogP contribution in [0, 0.1) is 0 Å². The first-order valence-electron chi connectivity index (χ1n) is 8.66. The number of ether oxygens (including phenoxy) is 1. The molecular weight excluding hydrogens is 346 g/mol. The molecule has 2 aromatic rings. The minimum absolute atomic E-state index is 0.0839. The lowest BCUT2D eigenvalue weighted by Gasteiger charge is -2.24. The molecule has 0 bridgehead atoms. The Morgan fingerprint density at radius 3 is 2.63 bits per heavy atom. The fraction of sp³-hybridized carbons (Fsp3) is 0.250. The summed E-state index contributed by atoms with van der Waals surface area (Å²) in [6, 6.07) is 13.9. The van der Waals surface area contributed by atoms with Gasteiger partial charge in [-0.05, 0) is 30.7 Å². The minimum atomic E-state index is -0.553. The van der Waals surface area contributed by atoms with Crippen LogP contribution in [-0.2, 0) is 14.4 Å². The van der Waals surface area contributed by atoms with E-state index in [1.807, 2.05) is 30.3 Å². The molecule has 3 N–H and O–H groups in total. The fourth-order valence-corrected chi connectivity index (χ4v) is 2.87. The Labute approximate surface area is 157 Å². The van der Waals surface area contributed by atoms with Crippen molar-refractivity contribution in [2.45, 2.75) is 32.4 Å². The summed E-state index contributed by atoms with van der Waals surface area (Å²) in [6.45, 7) is 3.08. The lowest BCUT2D eigenvalue weighted by molar-refractivity contribution is -0.123. The molecule has 0 spiro atoms. The fourth-order valence-electron chi connectivity index (χ4n) is 2.87. The highest BCUT2D eigenvalue weighted by Gasteiger charge is 2.24. The van der Waals surface area contributed by atoms with Crippen molar-refractivity contribution in [2.24, 2.45) is 0 Å². The monoisotopic (exact) mass is 367 g/mol. The summed E-state index contributed by atoms with van der Waals surface area (Å²) in [5.41, 5.74) is 1.90. The van der Waals surface area contributed by atoms with E-state index < -0.39 is 12.1 Å². The summed E-state index contributed by atoms with van der Waals surface area (Å²) in [5, 5.41) is 8.33. The highest BCUT2D eigenvalue weighted by molar-refractivity contribution is 5.99. The summed E-state index contributed by atoms with van der Waals surface area (Å²) in [6.07, 6.45) is -0.470. The molecule has 0 radical (unpaired) electrons. The third-order valence-corrected chi connectivity index (χ3v) is 4.16. The second-order valence-corrected chi connectivity index (χ2v) is 6.38. The molecule has 2 atom stereocenters. The normalized spacial score (nSPS) is 16.4. The van der Waals surface area contributed by atoms with Crippen LogP contribution in [0.15, 0.2) is 48.5 Å². The second kappa shape index (κ2) is 7.90. The van der Waals surface area contributed by atoms with Crippen molar-refractivity contribution in [2.75, 3.05) is 10.6 Å². The molecule has 0 saturated heterocycles. The van der Waals surface area contributed by atoms with Gasteiger partial charge in [-0.2, -0.15) is 0 Å². The predicted octanol–water partition coefficient (Wildman–Crippen LogP) is 2.61. The average Bonchev–Trinajstić information content (AvgIpc) is 2.63. The first-order valence-corrected chi connectivity index (χ1v) is 8.66. The van der Waals surface area contributed by atoms with Crippen LogP contribution in [0.2, 0.25) is 0 Å². The zero-order valence-electron chi connectivity index (χ0n) is 15.1. The molecular formula is C20H21N3O4. The standard InChI is InChI=1S/C20H21N3O4/c1-12-20(26)23-17-10-15(8-9-18(17)27-12)22-19(25)11-16(21-13(2)24)14-6-4-3-5-7-14/h3-10,12,16H,11H2,1-2H3,(H,21,24)(H,22,25)(H,23,26)/t12-,16-/m1/s1. The van der Waals surface area contributed by atoms with Gasteiger partial charge in [-0.3, -0.25) is 14.4 Å². The van der Waals surface area contributed by atoms with Crippen molar-refractivity contribution in [3.05, 3.63) is 54.1 Å². The molecule has 3 rings (SSSR count). The van der Waals surface area contributed by atoms with Gasteiger partial charge < -0.3 is 20.7 Å². The molecule has 3 amide bonds. The van der Waals surface area contributed by atoms with Gasteiger partial charge in [-0.1, -0.05) is 30.3 Å². The molecule has 27 heavy (non-hydrogen) atoms. The second-order valence-electron chi connectivity index (χ2n) is 6.38. The number of nitrogens with one attached hydrogen (secondary N) is 3. The number of carbonyl (C=O) groups is 3. The van der Waals surface area contributed by atoms with Crippen LogP contribution >= 0.6 is 0 Å². The topological polar surface area (TPSA) is 96.5 Å². The molecule has 7 heteroatoms. The molecule has 0 unspecified atom stereocenters. The third kappa shape index (κ3) is 4.63. The minimum Gasteiger partial charge on any atom is -0.479 e. The number of amides is 3. The Balaban J connectivity index is 1.70. The van der Waals surface area contributed by atoms with Crippen LogP contribution in [0.4, 0.5) is 11.4 Å². The van der Waals surface area contributed by atoms with Gasteiger partial charge in [-0.15, -0.1) is 0 Å². The van der Waals surface area contributed by atoms with E-state index in [0.717, 1.165) is 5.56 Å². The average molecular weight is 367 g/mol. The van der Waals surface area contributed by atoms with Crippen LogP contribution in [0.3, 0.4) is 0 Å². The molecule has 1 heterocycles. The van der Waals surface area contributed by atoms with Crippen LogP contribution in [-0.4, -0.2) is 23.8 Å². The van der Waals surface area contributed by atoms with Crippen LogP contribution in [0.5, 0.6) is 5.75 Å². The van der Waals surface area contributed by atoms with E-state index in [9.17, 15) is 14.4 Å². The van der Waals surface area contributed by atoms with E-state index in [2.05, 4.69) is 16.0 Å². The summed E-state index contributed by atoms with van der Waals surface area (Å²) in [4.78, 5) is 35.7. The zero-order chi connectivity index (χ0) is 19.4. The molecule has 2 aromatic carbocycles. The van der Waals surface area contributed by atoms with Crippen molar-refractivity contribution in [3.8, 4) is 5.75 Å². The number of rotatable bonds is 5. The van der Waals surface area contributed by atoms with Gasteiger partial charge in [0.15, 0.2) is 6.10 Å². The van der Waals surface area contributed by atoms with Gasteiger partial charge in [0, 0.05) is 12.6 Å². The largest absolute Gasteiger partial charge is 0.479 e. The summed E-state index contributed by atoms with van der Waals surface area (Å²) in [7, 11) is 0. The number of carbonyl (C=O) groups excluding carboxylic acids is 3. The molecule has 0 aromatic heterocycles. The maximum absolute atomic E-state index is 12.5. The maximum atomic E-state index is 12.5. The molecule has 140 valence electrons. The predicted molar refractivity (Wildman–Crippen MR) is 101 cm³/mol. The SMILES string of the molecule is CC(=O)N[C@H](CC(=O)Nc1ccc2c(c1)NC(=O)[C@@H](C)O2)c1ccccc1. The number of benzene rings is 2. The van der Waals surface area contributed by atoms with E-state index in [-0.39, 0.29) is 24.1 Å². The lowest BCUT2D eigenvalue weighted by atomic mass is 10.0. The summed E-state index contributed by atoms with van der Waals surface area (Å²) < 4.78 is 5.50. The first-order chi connectivity index (χ1) is 12.9. The molecule has 0 aliphatic carbocycles. The van der Waals surface area contributed by atoms with Crippen molar-refractivity contribution in [1.82, 2.24) is 5.32 Å². The van der Waals surface area contributed by atoms with E-state index >= 15 is 0 Å². The number of anilines is 2. The highest BCUT2D eigenvalue weighted by atomic mass is 16.5. The molecule has 7 nitrogen and oxygen atoms in total. The summed E-state index contributed by atoms with van der Waals surface area (Å²) >= 11 is 0. The Bertz CT molecular complexity index is 867. The molecule has 0 saturated carbocycles. The first kappa shape index (κ1) is 18.4. The van der Waals surface area contributed by atoms with Crippen molar-refractivity contribution < 1.29 is 19.1 Å². The van der Waals surface area contributed by atoms with E-state index in [1.54, 1.807) is 25.1 Å². The number of fused-ring (bicyclic) bond motifs is 1. The van der Waals surface area contributed by atoms with Gasteiger partial charge in [-0.25, -0.2) is 0 Å². The zero-order valence-corrected chi connectivity index (χ0v) is 15.1. The molecule has 1 aliphatic rings. The van der Waals surface area contributed by atoms with Gasteiger partial charge in [0.05, 0.1) is 18.2 Å². The number of hydrogen-bond donors (Lipinski definition) is 3. The smallest absolute Gasteiger partial charge is 0.265 e. The Morgan fingerprint density at radius 1 is 1.19 bits per heavy atom. The van der Waals surface area contributed by atoms with Crippen LogP contribution in [0.25, 0.3) is 0 Å². The Morgan fingerprint density at radius 2 is 1.93 bits per heavy atom. The van der Waals surface area contributed by atoms with Crippen molar-refractivity contribution in [3.63, 3.8) is 0 Å². The van der Waals surface area contributed by atoms with Crippen LogP contribution < -0.4 is 20.7 Å². The third-order valence-electron chi connectivity index (χ3n) is 4.16. The van der Waals surface area contributed by atoms with Crippen molar-refractivity contribution >= 4 is 29.1 Å². The lowest BCUT2D eigenvalue weighted by Crippen LogP contribution is -2.34. The van der Waals surface area contributed by atoms with E-state index in [0.29, 0.717) is 17.1 Å². The van der Waals surface area contributed by atoms with E-state index in [4.69, 9.17) is 4.74 Å². The maximum Gasteiger partial charge on any atom is 0.265 e.